The second kappa shape index (κ2) is 4.18. The Kier molecular flexibility index (Phi) is 2.53. The van der Waals surface area contributed by atoms with Crippen molar-refractivity contribution in [1.82, 2.24) is 15.2 Å². The molecule has 2 aromatic heterocycles. The Labute approximate surface area is 103 Å². The molecule has 0 saturated carbocycles. The van der Waals surface area contributed by atoms with E-state index < -0.39 is 0 Å². The number of hydrogen-bond acceptors (Lipinski definition) is 4. The molecule has 0 unspecified atom stereocenters. The molecule has 0 atom stereocenters. The Balaban J connectivity index is 1.83. The molecule has 0 radical (unpaired) electrons. The number of hydrogen-bond donors (Lipinski definition) is 2. The molecule has 1 aromatic carbocycles. The average molecular weight is 244 g/mol. The highest BCUT2D eigenvalue weighted by Gasteiger charge is 2.03. The van der Waals surface area contributed by atoms with Gasteiger partial charge < -0.3 is 5.32 Å². The number of aromatic amines is 1. The number of anilines is 1. The lowest BCUT2D eigenvalue weighted by Gasteiger charge is -2.04. The van der Waals surface area contributed by atoms with Crippen molar-refractivity contribution in [2.45, 2.75) is 13.5 Å². The van der Waals surface area contributed by atoms with Gasteiger partial charge in [-0.2, -0.15) is 5.10 Å². The van der Waals surface area contributed by atoms with Crippen molar-refractivity contribution >= 4 is 27.9 Å². The van der Waals surface area contributed by atoms with Crippen molar-refractivity contribution in [2.24, 2.45) is 0 Å². The van der Waals surface area contributed by atoms with Gasteiger partial charge in [-0.05, 0) is 13.0 Å². The number of rotatable bonds is 3. The maximum atomic E-state index is 4.42. The van der Waals surface area contributed by atoms with Gasteiger partial charge in [0.1, 0.15) is 5.01 Å². The van der Waals surface area contributed by atoms with Crippen molar-refractivity contribution in [3.8, 4) is 0 Å². The summed E-state index contributed by atoms with van der Waals surface area (Å²) in [6, 6.07) is 6.10. The van der Waals surface area contributed by atoms with Crippen molar-refractivity contribution in [3.05, 3.63) is 40.5 Å². The number of aryl methyl sites for hydroxylation is 1. The van der Waals surface area contributed by atoms with E-state index in [-0.39, 0.29) is 0 Å². The predicted molar refractivity (Wildman–Crippen MR) is 70.3 cm³/mol. The first-order valence-corrected chi connectivity index (χ1v) is 6.28. The number of thiazole rings is 1. The number of H-pyrrole nitrogens is 1. The van der Waals surface area contributed by atoms with Gasteiger partial charge in [-0.15, -0.1) is 11.3 Å². The van der Waals surface area contributed by atoms with E-state index >= 15 is 0 Å². The van der Waals surface area contributed by atoms with E-state index in [1.54, 1.807) is 11.3 Å². The van der Waals surface area contributed by atoms with Crippen LogP contribution in [0.3, 0.4) is 0 Å². The van der Waals surface area contributed by atoms with Gasteiger partial charge >= 0.3 is 0 Å². The number of benzene rings is 1. The van der Waals surface area contributed by atoms with Crippen LogP contribution in [0.25, 0.3) is 10.9 Å². The molecule has 5 heteroatoms. The molecule has 86 valence electrons. The van der Waals surface area contributed by atoms with E-state index in [1.165, 1.54) is 0 Å². The average Bonchev–Trinajstić information content (AvgIpc) is 2.94. The molecule has 4 nitrogen and oxygen atoms in total. The monoisotopic (exact) mass is 244 g/mol. The summed E-state index contributed by atoms with van der Waals surface area (Å²) in [5, 5.41) is 14.7. The molecule has 0 amide bonds. The number of nitrogens with one attached hydrogen (secondary N) is 2. The molecule has 2 heterocycles. The lowest BCUT2D eigenvalue weighted by Crippen LogP contribution is -1.99. The molecule has 0 saturated heterocycles. The summed E-state index contributed by atoms with van der Waals surface area (Å²) in [6.45, 7) is 2.76. The smallest absolute Gasteiger partial charge is 0.112 e. The SMILES string of the molecule is Cc1csc(CNc2cccc3cn[nH]c23)n1. The minimum Gasteiger partial charge on any atom is -0.377 e. The number of aromatic nitrogens is 3. The fraction of sp³-hybridized carbons (Fsp3) is 0.167. The molecular formula is C12H12N4S. The normalized spacial score (nSPS) is 10.9. The van der Waals surface area contributed by atoms with Gasteiger partial charge in [-0.25, -0.2) is 4.98 Å². The Bertz CT molecular complexity index is 641. The molecule has 3 aromatic rings. The van der Waals surface area contributed by atoms with Gasteiger partial charge in [0, 0.05) is 16.5 Å². The second-order valence-electron chi connectivity index (χ2n) is 3.88. The maximum Gasteiger partial charge on any atom is 0.112 e. The van der Waals surface area contributed by atoms with Crippen LogP contribution in [0.1, 0.15) is 10.7 Å². The molecule has 0 bridgehead atoms. The van der Waals surface area contributed by atoms with Crippen molar-refractivity contribution < 1.29 is 0 Å². The first-order valence-electron chi connectivity index (χ1n) is 5.40. The zero-order chi connectivity index (χ0) is 11.7. The highest BCUT2D eigenvalue weighted by atomic mass is 32.1. The van der Waals surface area contributed by atoms with Crippen LogP contribution in [-0.2, 0) is 6.54 Å². The first kappa shape index (κ1) is 10.3. The zero-order valence-electron chi connectivity index (χ0n) is 9.40. The molecule has 17 heavy (non-hydrogen) atoms. The molecular weight excluding hydrogens is 232 g/mol. The van der Waals surface area contributed by atoms with E-state index in [2.05, 4.69) is 25.9 Å². The summed E-state index contributed by atoms with van der Waals surface area (Å²) in [4.78, 5) is 4.42. The van der Waals surface area contributed by atoms with E-state index in [0.717, 1.165) is 33.8 Å². The summed E-state index contributed by atoms with van der Waals surface area (Å²) in [6.07, 6.45) is 1.83. The van der Waals surface area contributed by atoms with Crippen LogP contribution in [0, 0.1) is 6.92 Å². The number of para-hydroxylation sites is 1. The quantitative estimate of drug-likeness (QED) is 0.744. The third-order valence-corrected chi connectivity index (χ3v) is 3.54. The van der Waals surface area contributed by atoms with E-state index in [0.29, 0.717) is 0 Å². The minimum absolute atomic E-state index is 0.747. The van der Waals surface area contributed by atoms with Crippen LogP contribution < -0.4 is 5.32 Å². The molecule has 0 spiro atoms. The first-order chi connectivity index (χ1) is 8.33. The summed E-state index contributed by atoms with van der Waals surface area (Å²) in [5.41, 5.74) is 3.18. The topological polar surface area (TPSA) is 53.6 Å². The van der Waals surface area contributed by atoms with Crippen LogP contribution in [0.5, 0.6) is 0 Å². The van der Waals surface area contributed by atoms with Gasteiger partial charge in [-0.3, -0.25) is 5.10 Å². The molecule has 0 aliphatic carbocycles. The molecule has 0 fully saturated rings. The zero-order valence-corrected chi connectivity index (χ0v) is 10.2. The molecule has 0 aliphatic heterocycles. The highest BCUT2D eigenvalue weighted by Crippen LogP contribution is 2.21. The number of fused-ring (bicyclic) bond motifs is 1. The summed E-state index contributed by atoms with van der Waals surface area (Å²) >= 11 is 1.68. The summed E-state index contributed by atoms with van der Waals surface area (Å²) in [5.74, 6) is 0. The van der Waals surface area contributed by atoms with Crippen LogP contribution in [0.4, 0.5) is 5.69 Å². The van der Waals surface area contributed by atoms with Crippen LogP contribution in [0.15, 0.2) is 29.8 Å². The molecule has 0 aliphatic rings. The maximum absolute atomic E-state index is 4.42. The van der Waals surface area contributed by atoms with Crippen molar-refractivity contribution in [3.63, 3.8) is 0 Å². The molecule has 2 N–H and O–H groups in total. The minimum atomic E-state index is 0.747. The van der Waals surface area contributed by atoms with E-state index in [1.807, 2.05) is 31.3 Å². The third kappa shape index (κ3) is 2.01. The Morgan fingerprint density at radius 1 is 1.41 bits per heavy atom. The number of nitrogens with zero attached hydrogens (tertiary/aromatic N) is 2. The van der Waals surface area contributed by atoms with Crippen LogP contribution >= 0.6 is 11.3 Å². The third-order valence-electron chi connectivity index (χ3n) is 2.57. The molecule has 3 rings (SSSR count). The Morgan fingerprint density at radius 3 is 3.18 bits per heavy atom. The van der Waals surface area contributed by atoms with Crippen LogP contribution in [0.2, 0.25) is 0 Å². The Hall–Kier alpha value is -1.88. The fourth-order valence-corrected chi connectivity index (χ4v) is 2.48. The van der Waals surface area contributed by atoms with Crippen LogP contribution in [-0.4, -0.2) is 15.2 Å². The van der Waals surface area contributed by atoms with E-state index in [9.17, 15) is 0 Å². The highest BCUT2D eigenvalue weighted by molar-refractivity contribution is 7.09. The van der Waals surface area contributed by atoms with Gasteiger partial charge in [0.15, 0.2) is 0 Å². The van der Waals surface area contributed by atoms with Crippen molar-refractivity contribution in [1.29, 1.82) is 0 Å². The van der Waals surface area contributed by atoms with Crippen molar-refractivity contribution in [2.75, 3.05) is 5.32 Å². The van der Waals surface area contributed by atoms with Gasteiger partial charge in [0.25, 0.3) is 0 Å². The van der Waals surface area contributed by atoms with Gasteiger partial charge in [-0.1, -0.05) is 12.1 Å². The lowest BCUT2D eigenvalue weighted by molar-refractivity contribution is 1.07. The van der Waals surface area contributed by atoms with E-state index in [4.69, 9.17) is 0 Å². The Morgan fingerprint density at radius 2 is 2.35 bits per heavy atom. The standard InChI is InChI=1S/C12H12N4S/c1-8-7-17-11(15-8)6-13-10-4-2-3-9-5-14-16-12(9)10/h2-5,7,13H,6H2,1H3,(H,14,16). The van der Waals surface area contributed by atoms with Gasteiger partial charge in [0.2, 0.25) is 0 Å². The second-order valence-corrected chi connectivity index (χ2v) is 4.82. The predicted octanol–water partition coefficient (Wildman–Crippen LogP) is 2.94. The fourth-order valence-electron chi connectivity index (χ4n) is 1.77. The summed E-state index contributed by atoms with van der Waals surface area (Å²) in [7, 11) is 0. The van der Waals surface area contributed by atoms with Gasteiger partial charge in [0.05, 0.1) is 23.9 Å². The lowest BCUT2D eigenvalue weighted by atomic mass is 10.2. The largest absolute Gasteiger partial charge is 0.377 e. The summed E-state index contributed by atoms with van der Waals surface area (Å²) < 4.78 is 0.